The van der Waals surface area contributed by atoms with E-state index in [4.69, 9.17) is 14.9 Å². The van der Waals surface area contributed by atoms with E-state index < -0.39 is 36.1 Å². The molecule has 2 atom stereocenters. The average molecular weight is 306 g/mol. The fourth-order valence-electron chi connectivity index (χ4n) is 1.08. The van der Waals surface area contributed by atoms with E-state index in [9.17, 15) is 19.2 Å². The third kappa shape index (κ3) is 8.58. The van der Waals surface area contributed by atoms with E-state index in [1.165, 1.54) is 13.8 Å². The summed E-state index contributed by atoms with van der Waals surface area (Å²) in [6, 6.07) is 0. The number of carboxylic acids is 1. The lowest BCUT2D eigenvalue weighted by molar-refractivity contribution is -0.169. The van der Waals surface area contributed by atoms with Crippen molar-refractivity contribution in [2.45, 2.75) is 38.9 Å². The number of ether oxygens (including phenoxy) is 3. The third-order valence-electron chi connectivity index (χ3n) is 2.16. The normalized spacial score (nSPS) is 12.9. The van der Waals surface area contributed by atoms with Crippen LogP contribution in [0.2, 0.25) is 0 Å². The molecule has 0 aliphatic rings. The summed E-state index contributed by atoms with van der Waals surface area (Å²) in [7, 11) is 0. The van der Waals surface area contributed by atoms with Gasteiger partial charge in [-0.25, -0.2) is 9.59 Å². The second kappa shape index (κ2) is 9.70. The molecule has 0 saturated carbocycles. The molecule has 9 nitrogen and oxygen atoms in total. The van der Waals surface area contributed by atoms with Crippen LogP contribution in [0.5, 0.6) is 0 Å². The van der Waals surface area contributed by atoms with Gasteiger partial charge in [0, 0.05) is 0 Å². The van der Waals surface area contributed by atoms with Gasteiger partial charge in [-0.05, 0) is 13.8 Å². The SMILES string of the molecule is CC(OC(=O)CCC(=O)OC(C)C(=O)OCCO)C(=O)O. The molecule has 0 amide bonds. The first-order valence-electron chi connectivity index (χ1n) is 6.17. The molecule has 0 aliphatic carbocycles. The molecule has 2 N–H and O–H groups in total. The third-order valence-corrected chi connectivity index (χ3v) is 2.16. The first-order chi connectivity index (χ1) is 9.77. The second-order valence-corrected chi connectivity index (χ2v) is 3.99. The summed E-state index contributed by atoms with van der Waals surface area (Å²) in [5.41, 5.74) is 0. The number of esters is 3. The lowest BCUT2D eigenvalue weighted by Gasteiger charge is -2.12. The predicted octanol–water partition coefficient (Wildman–Crippen LogP) is -0.750. The summed E-state index contributed by atoms with van der Waals surface area (Å²) in [6.07, 6.45) is -3.20. The molecule has 0 aromatic rings. The quantitative estimate of drug-likeness (QED) is 0.416. The van der Waals surface area contributed by atoms with Gasteiger partial charge in [0.1, 0.15) is 6.61 Å². The van der Waals surface area contributed by atoms with Crippen molar-refractivity contribution in [1.29, 1.82) is 0 Å². The van der Waals surface area contributed by atoms with Crippen LogP contribution in [0.15, 0.2) is 0 Å². The molecule has 0 aliphatic heterocycles. The van der Waals surface area contributed by atoms with Crippen molar-refractivity contribution >= 4 is 23.9 Å². The Morgan fingerprint density at radius 1 is 0.952 bits per heavy atom. The lowest BCUT2D eigenvalue weighted by atomic mass is 10.3. The topological polar surface area (TPSA) is 136 Å². The highest BCUT2D eigenvalue weighted by Gasteiger charge is 2.21. The molecule has 9 heteroatoms. The van der Waals surface area contributed by atoms with Gasteiger partial charge in [0.25, 0.3) is 0 Å². The fourth-order valence-corrected chi connectivity index (χ4v) is 1.08. The van der Waals surface area contributed by atoms with Crippen molar-refractivity contribution in [2.24, 2.45) is 0 Å². The van der Waals surface area contributed by atoms with Crippen LogP contribution < -0.4 is 0 Å². The summed E-state index contributed by atoms with van der Waals surface area (Å²) in [6.45, 7) is 1.90. The highest BCUT2D eigenvalue weighted by molar-refractivity contribution is 5.82. The van der Waals surface area contributed by atoms with E-state index in [0.717, 1.165) is 0 Å². The van der Waals surface area contributed by atoms with Crippen LogP contribution in [0.4, 0.5) is 0 Å². The van der Waals surface area contributed by atoms with Crippen molar-refractivity contribution in [3.63, 3.8) is 0 Å². The van der Waals surface area contributed by atoms with Gasteiger partial charge in [-0.15, -0.1) is 0 Å². The monoisotopic (exact) mass is 306 g/mol. The van der Waals surface area contributed by atoms with Gasteiger partial charge in [-0.2, -0.15) is 0 Å². The molecular weight excluding hydrogens is 288 g/mol. The van der Waals surface area contributed by atoms with Crippen LogP contribution >= 0.6 is 0 Å². The zero-order valence-electron chi connectivity index (χ0n) is 11.7. The molecule has 0 radical (unpaired) electrons. The summed E-state index contributed by atoms with van der Waals surface area (Å²) in [5.74, 6) is -3.81. The van der Waals surface area contributed by atoms with Gasteiger partial charge in [0.2, 0.25) is 0 Å². The van der Waals surface area contributed by atoms with E-state index in [1.807, 2.05) is 0 Å². The number of aliphatic carboxylic acids is 1. The number of hydrogen-bond donors (Lipinski definition) is 2. The molecule has 0 saturated heterocycles. The van der Waals surface area contributed by atoms with Crippen molar-refractivity contribution in [3.05, 3.63) is 0 Å². The van der Waals surface area contributed by atoms with E-state index in [0.29, 0.717) is 0 Å². The Labute approximate surface area is 120 Å². The number of aliphatic hydroxyl groups excluding tert-OH is 1. The van der Waals surface area contributed by atoms with Crippen LogP contribution in [0, 0.1) is 0 Å². The Bertz CT molecular complexity index is 390. The molecule has 0 spiro atoms. The fraction of sp³-hybridized carbons (Fsp3) is 0.667. The van der Waals surface area contributed by atoms with Crippen molar-refractivity contribution in [2.75, 3.05) is 13.2 Å². The first-order valence-corrected chi connectivity index (χ1v) is 6.17. The number of rotatable bonds is 9. The van der Waals surface area contributed by atoms with E-state index in [-0.39, 0.29) is 26.1 Å². The maximum atomic E-state index is 11.4. The van der Waals surface area contributed by atoms with Gasteiger partial charge in [0.15, 0.2) is 12.2 Å². The number of carbonyl (C=O) groups excluding carboxylic acids is 3. The molecule has 0 bridgehead atoms. The molecule has 0 aromatic heterocycles. The number of carbonyl (C=O) groups is 4. The van der Waals surface area contributed by atoms with Gasteiger partial charge in [-0.1, -0.05) is 0 Å². The summed E-state index contributed by atoms with van der Waals surface area (Å²) < 4.78 is 13.7. The Kier molecular flexibility index (Phi) is 8.70. The lowest BCUT2D eigenvalue weighted by Crippen LogP contribution is -2.28. The van der Waals surface area contributed by atoms with Crippen LogP contribution in [0.25, 0.3) is 0 Å². The molecular formula is C12H18O9. The Morgan fingerprint density at radius 3 is 1.86 bits per heavy atom. The minimum absolute atomic E-state index is 0.208. The highest BCUT2D eigenvalue weighted by atomic mass is 16.6. The smallest absolute Gasteiger partial charge is 0.347 e. The van der Waals surface area contributed by atoms with E-state index >= 15 is 0 Å². The zero-order chi connectivity index (χ0) is 16.4. The van der Waals surface area contributed by atoms with Crippen LogP contribution in [-0.4, -0.2) is 59.5 Å². The molecule has 21 heavy (non-hydrogen) atoms. The molecule has 0 heterocycles. The molecule has 120 valence electrons. The summed E-state index contributed by atoms with van der Waals surface area (Å²) in [4.78, 5) is 44.2. The number of carboxylic acid groups (broad SMARTS) is 1. The number of hydrogen-bond acceptors (Lipinski definition) is 8. The van der Waals surface area contributed by atoms with Crippen LogP contribution in [0.3, 0.4) is 0 Å². The van der Waals surface area contributed by atoms with Gasteiger partial charge < -0.3 is 24.4 Å². The van der Waals surface area contributed by atoms with Crippen molar-refractivity contribution in [3.8, 4) is 0 Å². The Morgan fingerprint density at radius 2 is 1.43 bits per heavy atom. The van der Waals surface area contributed by atoms with Gasteiger partial charge >= 0.3 is 23.9 Å². The van der Waals surface area contributed by atoms with Gasteiger partial charge in [0.05, 0.1) is 19.4 Å². The van der Waals surface area contributed by atoms with E-state index in [2.05, 4.69) is 9.47 Å². The summed E-state index contributed by atoms with van der Waals surface area (Å²) in [5, 5.41) is 17.0. The Balaban J connectivity index is 4.01. The minimum Gasteiger partial charge on any atom is -0.479 e. The predicted molar refractivity (Wildman–Crippen MR) is 66.0 cm³/mol. The molecule has 0 fully saturated rings. The van der Waals surface area contributed by atoms with Crippen molar-refractivity contribution < 1.29 is 43.6 Å². The van der Waals surface area contributed by atoms with Crippen LogP contribution in [-0.2, 0) is 33.4 Å². The maximum Gasteiger partial charge on any atom is 0.347 e. The average Bonchev–Trinajstić information content (AvgIpc) is 2.42. The highest BCUT2D eigenvalue weighted by Crippen LogP contribution is 2.03. The standard InChI is InChI=1S/C12H18O9/c1-7(11(16)17)20-9(14)3-4-10(15)21-8(2)12(18)19-6-5-13/h7-8,13H,3-6H2,1-2H3,(H,16,17). The van der Waals surface area contributed by atoms with Gasteiger partial charge in [-0.3, -0.25) is 9.59 Å². The maximum absolute atomic E-state index is 11.4. The van der Waals surface area contributed by atoms with Crippen LogP contribution in [0.1, 0.15) is 26.7 Å². The largest absolute Gasteiger partial charge is 0.479 e. The first kappa shape index (κ1) is 18.8. The summed E-state index contributed by atoms with van der Waals surface area (Å²) >= 11 is 0. The molecule has 0 aromatic carbocycles. The Hall–Kier alpha value is -2.16. The minimum atomic E-state index is -1.30. The van der Waals surface area contributed by atoms with Crippen molar-refractivity contribution in [1.82, 2.24) is 0 Å². The zero-order valence-corrected chi connectivity index (χ0v) is 11.7. The van der Waals surface area contributed by atoms with E-state index in [1.54, 1.807) is 0 Å². The second-order valence-electron chi connectivity index (χ2n) is 3.99. The molecule has 2 unspecified atom stereocenters. The number of aliphatic hydroxyl groups is 1. The molecule has 0 rings (SSSR count).